The number of aryl methyl sites for hydroxylation is 1. The Hall–Kier alpha value is -0.870. The molecule has 2 atom stereocenters. The number of benzene rings is 1. The van der Waals surface area contributed by atoms with Crippen LogP contribution in [-0.2, 0) is 0 Å². The van der Waals surface area contributed by atoms with E-state index in [1.54, 1.807) is 0 Å². The van der Waals surface area contributed by atoms with E-state index in [1.165, 1.54) is 6.42 Å². The van der Waals surface area contributed by atoms with Gasteiger partial charge in [-0.1, -0.05) is 35.3 Å². The van der Waals surface area contributed by atoms with Crippen LogP contribution in [0.25, 0.3) is 0 Å². The summed E-state index contributed by atoms with van der Waals surface area (Å²) in [7, 11) is 0. The van der Waals surface area contributed by atoms with Gasteiger partial charge in [0.1, 0.15) is 0 Å². The monoisotopic (exact) mass is 338 g/mol. The number of nitrogens with zero attached hydrogens (tertiary/aromatic N) is 1. The highest BCUT2D eigenvalue weighted by Crippen LogP contribution is 2.27. The molecule has 4 heteroatoms. The Morgan fingerprint density at radius 3 is 2.90 bits per heavy atom. The van der Waals surface area contributed by atoms with Gasteiger partial charge in [0.05, 0.1) is 0 Å². The predicted molar refractivity (Wildman–Crippen MR) is 85.8 cm³/mol. The molecule has 1 saturated heterocycles. The molecule has 2 N–H and O–H groups in total. The van der Waals surface area contributed by atoms with Gasteiger partial charge in [-0.2, -0.15) is 0 Å². The number of nitrogens with two attached hydrogens (primary N) is 1. The number of carbonyl (C=O) groups excluding carboxylic acids is 1. The zero-order valence-corrected chi connectivity index (χ0v) is 13.8. The van der Waals surface area contributed by atoms with Gasteiger partial charge in [-0.15, -0.1) is 0 Å². The van der Waals surface area contributed by atoms with E-state index in [4.69, 9.17) is 5.73 Å². The maximum atomic E-state index is 12.8. The van der Waals surface area contributed by atoms with Crippen molar-refractivity contribution in [1.29, 1.82) is 0 Å². The highest BCUT2D eigenvalue weighted by atomic mass is 79.9. The summed E-state index contributed by atoms with van der Waals surface area (Å²) in [6, 6.07) is 6.04. The van der Waals surface area contributed by atoms with Crippen LogP contribution in [0.1, 0.15) is 42.1 Å². The molecule has 1 aromatic carbocycles. The molecule has 2 rings (SSSR count). The van der Waals surface area contributed by atoms with Crippen LogP contribution in [0.3, 0.4) is 0 Å². The van der Waals surface area contributed by atoms with Crippen molar-refractivity contribution < 1.29 is 4.79 Å². The number of hydrogen-bond acceptors (Lipinski definition) is 2. The van der Waals surface area contributed by atoms with E-state index in [9.17, 15) is 4.79 Å². The fourth-order valence-corrected chi connectivity index (χ4v) is 3.34. The molecule has 0 radical (unpaired) electrons. The van der Waals surface area contributed by atoms with E-state index in [2.05, 4.69) is 22.9 Å². The summed E-state index contributed by atoms with van der Waals surface area (Å²) in [6.45, 7) is 5.57. The third-order valence-corrected chi connectivity index (χ3v) is 4.86. The van der Waals surface area contributed by atoms with Crippen LogP contribution in [0.15, 0.2) is 22.7 Å². The number of halogens is 1. The standard InChI is InChI=1S/C16H23BrN2O/c1-3-12-6-7-19(14(8-12)10-18)16(20)15-9-13(17)5-4-11(15)2/h4-5,9,12,14H,3,6-8,10,18H2,1-2H3. The van der Waals surface area contributed by atoms with Crippen LogP contribution >= 0.6 is 15.9 Å². The summed E-state index contributed by atoms with van der Waals surface area (Å²) < 4.78 is 0.944. The zero-order valence-electron chi connectivity index (χ0n) is 12.2. The molecule has 0 aliphatic carbocycles. The van der Waals surface area contributed by atoms with Crippen molar-refractivity contribution in [2.75, 3.05) is 13.1 Å². The Kier molecular flexibility index (Phi) is 5.22. The summed E-state index contributed by atoms with van der Waals surface area (Å²) in [5, 5.41) is 0. The van der Waals surface area contributed by atoms with Crippen molar-refractivity contribution in [2.24, 2.45) is 11.7 Å². The Labute approximate surface area is 129 Å². The van der Waals surface area contributed by atoms with E-state index in [1.807, 2.05) is 30.0 Å². The second kappa shape index (κ2) is 6.72. The van der Waals surface area contributed by atoms with E-state index in [0.717, 1.165) is 35.0 Å². The predicted octanol–water partition coefficient (Wildman–Crippen LogP) is 3.35. The highest BCUT2D eigenvalue weighted by molar-refractivity contribution is 9.10. The Morgan fingerprint density at radius 1 is 1.50 bits per heavy atom. The van der Waals surface area contributed by atoms with Gasteiger partial charge in [0.15, 0.2) is 0 Å². The Balaban J connectivity index is 2.21. The van der Waals surface area contributed by atoms with Crippen LogP contribution in [-0.4, -0.2) is 29.9 Å². The van der Waals surface area contributed by atoms with Gasteiger partial charge in [-0.25, -0.2) is 0 Å². The highest BCUT2D eigenvalue weighted by Gasteiger charge is 2.31. The number of amides is 1. The van der Waals surface area contributed by atoms with Crippen molar-refractivity contribution in [3.05, 3.63) is 33.8 Å². The van der Waals surface area contributed by atoms with E-state index in [-0.39, 0.29) is 11.9 Å². The van der Waals surface area contributed by atoms with Crippen LogP contribution in [0.4, 0.5) is 0 Å². The Morgan fingerprint density at radius 2 is 2.25 bits per heavy atom. The molecule has 0 aromatic heterocycles. The fraction of sp³-hybridized carbons (Fsp3) is 0.562. The van der Waals surface area contributed by atoms with Crippen molar-refractivity contribution in [2.45, 2.75) is 39.2 Å². The minimum Gasteiger partial charge on any atom is -0.334 e. The van der Waals surface area contributed by atoms with Gasteiger partial charge in [0.2, 0.25) is 0 Å². The van der Waals surface area contributed by atoms with E-state index >= 15 is 0 Å². The number of likely N-dealkylation sites (tertiary alicyclic amines) is 1. The lowest BCUT2D eigenvalue weighted by Gasteiger charge is -2.39. The maximum absolute atomic E-state index is 12.8. The zero-order chi connectivity index (χ0) is 14.7. The molecule has 1 aromatic rings. The first-order valence-corrected chi connectivity index (χ1v) is 8.13. The molecule has 1 aliphatic heterocycles. The lowest BCUT2D eigenvalue weighted by atomic mass is 9.88. The lowest BCUT2D eigenvalue weighted by molar-refractivity contribution is 0.0558. The molecular weight excluding hydrogens is 316 g/mol. The third kappa shape index (κ3) is 3.23. The summed E-state index contributed by atoms with van der Waals surface area (Å²) in [5.41, 5.74) is 7.70. The number of hydrogen-bond donors (Lipinski definition) is 1. The van der Waals surface area contributed by atoms with Gasteiger partial charge >= 0.3 is 0 Å². The largest absolute Gasteiger partial charge is 0.334 e. The average molecular weight is 339 g/mol. The maximum Gasteiger partial charge on any atom is 0.254 e. The van der Waals surface area contributed by atoms with Crippen LogP contribution in [0, 0.1) is 12.8 Å². The van der Waals surface area contributed by atoms with E-state index in [0.29, 0.717) is 12.5 Å². The molecule has 0 spiro atoms. The molecule has 1 heterocycles. The molecule has 20 heavy (non-hydrogen) atoms. The molecule has 1 aliphatic rings. The lowest BCUT2D eigenvalue weighted by Crippen LogP contribution is -2.49. The minimum absolute atomic E-state index is 0.119. The molecule has 2 unspecified atom stereocenters. The fourth-order valence-electron chi connectivity index (χ4n) is 2.98. The Bertz CT molecular complexity index is 489. The smallest absolute Gasteiger partial charge is 0.254 e. The second-order valence-corrected chi connectivity index (χ2v) is 6.56. The molecule has 0 bridgehead atoms. The third-order valence-electron chi connectivity index (χ3n) is 4.36. The van der Waals surface area contributed by atoms with Crippen molar-refractivity contribution >= 4 is 21.8 Å². The normalized spacial score (nSPS) is 22.9. The van der Waals surface area contributed by atoms with Gasteiger partial charge in [-0.3, -0.25) is 4.79 Å². The van der Waals surface area contributed by atoms with Gasteiger partial charge in [-0.05, 0) is 43.4 Å². The first-order valence-electron chi connectivity index (χ1n) is 7.34. The summed E-state index contributed by atoms with van der Waals surface area (Å²) in [4.78, 5) is 14.8. The van der Waals surface area contributed by atoms with E-state index < -0.39 is 0 Å². The quantitative estimate of drug-likeness (QED) is 0.918. The summed E-state index contributed by atoms with van der Waals surface area (Å²) in [5.74, 6) is 0.824. The summed E-state index contributed by atoms with van der Waals surface area (Å²) in [6.07, 6.45) is 3.30. The number of carbonyl (C=O) groups is 1. The van der Waals surface area contributed by atoms with Crippen LogP contribution in [0.5, 0.6) is 0 Å². The molecule has 0 saturated carbocycles. The van der Waals surface area contributed by atoms with Crippen LogP contribution in [0.2, 0.25) is 0 Å². The number of rotatable bonds is 3. The first kappa shape index (κ1) is 15.5. The number of piperidine rings is 1. The minimum atomic E-state index is 0.119. The first-order chi connectivity index (χ1) is 9.56. The summed E-state index contributed by atoms with van der Waals surface area (Å²) >= 11 is 3.45. The van der Waals surface area contributed by atoms with Gasteiger partial charge in [0, 0.05) is 29.2 Å². The SMILES string of the molecule is CCC1CCN(C(=O)c2cc(Br)ccc2C)C(CN)C1. The molecule has 1 fully saturated rings. The van der Waals surface area contributed by atoms with Gasteiger partial charge < -0.3 is 10.6 Å². The second-order valence-electron chi connectivity index (χ2n) is 5.65. The molecule has 1 amide bonds. The molecule has 3 nitrogen and oxygen atoms in total. The van der Waals surface area contributed by atoms with Crippen molar-refractivity contribution in [3.8, 4) is 0 Å². The van der Waals surface area contributed by atoms with Crippen molar-refractivity contribution in [1.82, 2.24) is 4.90 Å². The molecule has 110 valence electrons. The average Bonchev–Trinajstić information content (AvgIpc) is 2.48. The van der Waals surface area contributed by atoms with Crippen LogP contribution < -0.4 is 5.73 Å². The van der Waals surface area contributed by atoms with Crippen molar-refractivity contribution in [3.63, 3.8) is 0 Å². The molecular formula is C16H23BrN2O. The van der Waals surface area contributed by atoms with Gasteiger partial charge in [0.25, 0.3) is 5.91 Å². The topological polar surface area (TPSA) is 46.3 Å².